The second-order valence-electron chi connectivity index (χ2n) is 6.50. The van der Waals surface area contributed by atoms with Gasteiger partial charge in [0.05, 0.1) is 23.0 Å². The van der Waals surface area contributed by atoms with Crippen LogP contribution in [0.5, 0.6) is 0 Å². The van der Waals surface area contributed by atoms with Crippen molar-refractivity contribution in [2.24, 2.45) is 15.9 Å². The number of thiophene rings is 1. The minimum atomic E-state index is -0.450. The highest BCUT2D eigenvalue weighted by Gasteiger charge is 2.36. The van der Waals surface area contributed by atoms with E-state index < -0.39 is 5.97 Å². The van der Waals surface area contributed by atoms with E-state index in [4.69, 9.17) is 4.74 Å². The standard InChI is InChI=1S/C19H21N3O4S3/c1-6-26-18(25)14-9(3)11(5)29-17(14)20-12(23)7-27-19-21-15(24)13-8(2)10(4)28-16(13)22-19/h13H,6-7H2,1-5H3,(H,20,23). The van der Waals surface area contributed by atoms with Gasteiger partial charge in [0.1, 0.15) is 10.9 Å². The largest absolute Gasteiger partial charge is 0.462 e. The number of aryl methyl sites for hydroxylation is 1. The molecule has 2 amide bonds. The van der Waals surface area contributed by atoms with E-state index in [0.717, 1.165) is 37.7 Å². The summed E-state index contributed by atoms with van der Waals surface area (Å²) in [6.07, 6.45) is 0. The van der Waals surface area contributed by atoms with Crippen molar-refractivity contribution < 1.29 is 19.1 Å². The maximum Gasteiger partial charge on any atom is 0.341 e. The molecule has 1 N–H and O–H groups in total. The summed E-state index contributed by atoms with van der Waals surface area (Å²) in [7, 11) is 0. The van der Waals surface area contributed by atoms with Crippen LogP contribution in [0.1, 0.15) is 41.6 Å². The van der Waals surface area contributed by atoms with Crippen LogP contribution in [0, 0.1) is 19.8 Å². The molecule has 0 aromatic carbocycles. The van der Waals surface area contributed by atoms with E-state index in [-0.39, 0.29) is 35.3 Å². The van der Waals surface area contributed by atoms with Gasteiger partial charge < -0.3 is 10.1 Å². The number of carbonyl (C=O) groups is 3. The van der Waals surface area contributed by atoms with Crippen molar-refractivity contribution in [1.29, 1.82) is 0 Å². The van der Waals surface area contributed by atoms with Crippen molar-refractivity contribution in [1.82, 2.24) is 0 Å². The van der Waals surface area contributed by atoms with E-state index >= 15 is 0 Å². The van der Waals surface area contributed by atoms with Gasteiger partial charge in [0.25, 0.3) is 5.91 Å². The molecule has 2 aliphatic heterocycles. The average Bonchev–Trinajstić information content (AvgIpc) is 3.09. The number of aliphatic imine (C=N–C) groups is 2. The number of hydrogen-bond donors (Lipinski definition) is 1. The Hall–Kier alpha value is -1.91. The molecular weight excluding hydrogens is 430 g/mol. The fraction of sp³-hybridized carbons (Fsp3) is 0.421. The number of ether oxygens (including phenoxy) is 1. The van der Waals surface area contributed by atoms with Crippen LogP contribution in [0.2, 0.25) is 0 Å². The lowest BCUT2D eigenvalue weighted by molar-refractivity contribution is -0.118. The number of nitrogens with one attached hydrogen (secondary N) is 1. The number of nitrogens with zero attached hydrogens (tertiary/aromatic N) is 2. The SMILES string of the molecule is CCOC(=O)c1c(NC(=O)CSC2=NC(=O)C3C(=N2)SC(C)=C3C)sc(C)c1C. The highest BCUT2D eigenvalue weighted by atomic mass is 32.2. The van der Waals surface area contributed by atoms with Crippen LogP contribution in [0.3, 0.4) is 0 Å². The number of hydrogen-bond acceptors (Lipinski definition) is 8. The smallest absolute Gasteiger partial charge is 0.341 e. The van der Waals surface area contributed by atoms with E-state index in [9.17, 15) is 14.4 Å². The summed E-state index contributed by atoms with van der Waals surface area (Å²) < 4.78 is 5.10. The Balaban J connectivity index is 1.66. The lowest BCUT2D eigenvalue weighted by Crippen LogP contribution is -2.24. The van der Waals surface area contributed by atoms with Crippen molar-refractivity contribution in [2.45, 2.75) is 34.6 Å². The molecule has 0 spiro atoms. The summed E-state index contributed by atoms with van der Waals surface area (Å²) in [5.41, 5.74) is 2.17. The van der Waals surface area contributed by atoms with Crippen LogP contribution in [-0.4, -0.2) is 40.4 Å². The molecule has 0 fully saturated rings. The van der Waals surface area contributed by atoms with Crippen LogP contribution >= 0.6 is 34.9 Å². The topological polar surface area (TPSA) is 97.2 Å². The molecule has 1 atom stereocenters. The molecule has 1 aromatic heterocycles. The van der Waals surface area contributed by atoms with Crippen LogP contribution < -0.4 is 5.32 Å². The third-order valence-corrected chi connectivity index (χ3v) is 7.74. The summed E-state index contributed by atoms with van der Waals surface area (Å²) >= 11 is 3.92. The van der Waals surface area contributed by atoms with E-state index in [2.05, 4.69) is 15.3 Å². The van der Waals surface area contributed by atoms with Crippen LogP contribution in [-0.2, 0) is 14.3 Å². The molecule has 0 aliphatic carbocycles. The second-order valence-corrected chi connectivity index (χ2v) is 9.90. The van der Waals surface area contributed by atoms with Crippen molar-refractivity contribution in [3.63, 3.8) is 0 Å². The lowest BCUT2D eigenvalue weighted by Gasteiger charge is -2.14. The molecule has 1 aromatic rings. The Labute approximate surface area is 181 Å². The van der Waals surface area contributed by atoms with Gasteiger partial charge in [-0.3, -0.25) is 9.59 Å². The summed E-state index contributed by atoms with van der Waals surface area (Å²) in [5, 5.41) is 4.26. The number of fused-ring (bicyclic) bond motifs is 1. The first-order chi connectivity index (χ1) is 13.7. The first-order valence-corrected chi connectivity index (χ1v) is 11.6. The minimum Gasteiger partial charge on any atom is -0.462 e. The molecule has 7 nitrogen and oxygen atoms in total. The Kier molecular flexibility index (Phi) is 6.65. The summed E-state index contributed by atoms with van der Waals surface area (Å²) in [6.45, 7) is 9.59. The quantitative estimate of drug-likeness (QED) is 0.675. The Morgan fingerprint density at radius 3 is 2.62 bits per heavy atom. The first kappa shape index (κ1) is 21.8. The number of anilines is 1. The predicted molar refractivity (Wildman–Crippen MR) is 120 cm³/mol. The van der Waals surface area contributed by atoms with Gasteiger partial charge in [-0.05, 0) is 50.7 Å². The lowest BCUT2D eigenvalue weighted by atomic mass is 10.0. The number of amides is 2. The molecule has 0 radical (unpaired) electrons. The third kappa shape index (κ3) is 4.49. The van der Waals surface area contributed by atoms with Gasteiger partial charge in [0, 0.05) is 4.88 Å². The maximum absolute atomic E-state index is 12.4. The zero-order valence-electron chi connectivity index (χ0n) is 16.7. The Morgan fingerprint density at radius 2 is 1.93 bits per heavy atom. The number of thioether (sulfide) groups is 2. The maximum atomic E-state index is 12.4. The van der Waals surface area contributed by atoms with Gasteiger partial charge in [-0.15, -0.1) is 11.3 Å². The van der Waals surface area contributed by atoms with Gasteiger partial charge in [-0.25, -0.2) is 9.79 Å². The van der Waals surface area contributed by atoms with Crippen LogP contribution in [0.15, 0.2) is 20.5 Å². The second kappa shape index (κ2) is 8.85. The van der Waals surface area contributed by atoms with Gasteiger partial charge in [-0.1, -0.05) is 23.5 Å². The first-order valence-electron chi connectivity index (χ1n) is 8.99. The third-order valence-electron chi connectivity index (χ3n) is 4.60. The molecule has 0 bridgehead atoms. The molecular formula is C19H21N3O4S3. The molecule has 1 unspecified atom stereocenters. The monoisotopic (exact) mass is 451 g/mol. The van der Waals surface area contributed by atoms with Gasteiger partial charge >= 0.3 is 5.97 Å². The predicted octanol–water partition coefficient (Wildman–Crippen LogP) is 4.16. The molecule has 0 saturated heterocycles. The Bertz CT molecular complexity index is 991. The van der Waals surface area contributed by atoms with Crippen molar-refractivity contribution >= 4 is 67.9 Å². The zero-order chi connectivity index (χ0) is 21.3. The normalized spacial score (nSPS) is 18.4. The van der Waals surface area contributed by atoms with Gasteiger partial charge in [0.2, 0.25) is 5.91 Å². The fourth-order valence-electron chi connectivity index (χ4n) is 2.86. The molecule has 3 heterocycles. The number of allylic oxidation sites excluding steroid dienone is 1. The highest BCUT2D eigenvalue weighted by Crippen LogP contribution is 2.40. The minimum absolute atomic E-state index is 0.0296. The van der Waals surface area contributed by atoms with E-state index in [1.54, 1.807) is 6.92 Å². The van der Waals surface area contributed by atoms with Crippen molar-refractivity contribution in [3.8, 4) is 0 Å². The van der Waals surface area contributed by atoms with Crippen molar-refractivity contribution in [2.75, 3.05) is 17.7 Å². The van der Waals surface area contributed by atoms with E-state index in [1.165, 1.54) is 23.1 Å². The van der Waals surface area contributed by atoms with Crippen molar-refractivity contribution in [3.05, 3.63) is 26.5 Å². The van der Waals surface area contributed by atoms with Crippen LogP contribution in [0.4, 0.5) is 5.00 Å². The zero-order valence-corrected chi connectivity index (χ0v) is 19.2. The van der Waals surface area contributed by atoms with E-state index in [0.29, 0.717) is 10.6 Å². The summed E-state index contributed by atoms with van der Waals surface area (Å²) in [6, 6.07) is 0. The number of esters is 1. The van der Waals surface area contributed by atoms with Gasteiger partial charge in [-0.2, -0.15) is 4.99 Å². The number of carbonyl (C=O) groups excluding carboxylic acids is 3. The molecule has 3 rings (SSSR count). The highest BCUT2D eigenvalue weighted by molar-refractivity contribution is 8.18. The average molecular weight is 452 g/mol. The summed E-state index contributed by atoms with van der Waals surface area (Å²) in [5.74, 6) is -1.34. The van der Waals surface area contributed by atoms with Gasteiger partial charge in [0.15, 0.2) is 5.17 Å². The molecule has 154 valence electrons. The van der Waals surface area contributed by atoms with E-state index in [1.807, 2.05) is 27.7 Å². The molecule has 0 saturated carbocycles. The fourth-order valence-corrected chi connectivity index (χ4v) is 5.75. The summed E-state index contributed by atoms with van der Waals surface area (Å²) in [4.78, 5) is 47.5. The van der Waals surface area contributed by atoms with Crippen LogP contribution in [0.25, 0.3) is 0 Å². The molecule has 10 heteroatoms. The molecule has 2 aliphatic rings. The number of amidine groups is 1. The molecule has 29 heavy (non-hydrogen) atoms. The number of rotatable bonds is 5. The Morgan fingerprint density at radius 1 is 1.21 bits per heavy atom.